The molecule has 5 nitrogen and oxygen atoms in total. The predicted octanol–water partition coefficient (Wildman–Crippen LogP) is 6.07. The van der Waals surface area contributed by atoms with Gasteiger partial charge in [-0.25, -0.2) is 14.1 Å². The van der Waals surface area contributed by atoms with Crippen LogP contribution in [-0.2, 0) is 6.18 Å². The van der Waals surface area contributed by atoms with Crippen molar-refractivity contribution in [3.8, 4) is 16.9 Å². The number of nitrogens with zero attached hydrogens (tertiary/aromatic N) is 4. The van der Waals surface area contributed by atoms with Crippen LogP contribution >= 0.6 is 11.6 Å². The molecule has 0 unspecified atom stereocenters. The van der Waals surface area contributed by atoms with Crippen molar-refractivity contribution in [2.75, 3.05) is 5.32 Å². The summed E-state index contributed by atoms with van der Waals surface area (Å²) in [5.41, 5.74) is 1.17. The Bertz CT molecular complexity index is 1250. The average molecular weight is 447 g/mol. The second kappa shape index (κ2) is 7.99. The van der Waals surface area contributed by atoms with Gasteiger partial charge in [0, 0.05) is 23.6 Å². The van der Waals surface area contributed by atoms with Crippen LogP contribution in [0.4, 0.5) is 29.2 Å². The molecule has 0 fully saturated rings. The van der Waals surface area contributed by atoms with Gasteiger partial charge in [0.2, 0.25) is 5.95 Å². The van der Waals surface area contributed by atoms with Crippen molar-refractivity contribution >= 4 is 23.2 Å². The molecule has 4 rings (SSSR count). The Kier molecular flexibility index (Phi) is 5.36. The van der Waals surface area contributed by atoms with Gasteiger partial charge >= 0.3 is 6.18 Å². The molecule has 0 bridgehead atoms. The topological polar surface area (TPSA) is 55.6 Å². The van der Waals surface area contributed by atoms with Gasteiger partial charge in [-0.1, -0.05) is 35.9 Å². The lowest BCUT2D eigenvalue weighted by Crippen LogP contribution is -2.10. The lowest BCUT2D eigenvalue weighted by Gasteiger charge is -2.12. The lowest BCUT2D eigenvalue weighted by molar-refractivity contribution is -0.141. The lowest BCUT2D eigenvalue weighted by atomic mass is 10.1. The highest BCUT2D eigenvalue weighted by atomic mass is 35.5. The Morgan fingerprint density at radius 1 is 1.06 bits per heavy atom. The fraction of sp³-hybridized carbons (Fsp3) is 0.0476. The molecule has 2 heterocycles. The summed E-state index contributed by atoms with van der Waals surface area (Å²) in [6.45, 7) is 3.87. The van der Waals surface area contributed by atoms with Gasteiger partial charge in [-0.05, 0) is 42.3 Å². The first-order valence-corrected chi connectivity index (χ1v) is 9.23. The molecule has 157 valence electrons. The van der Waals surface area contributed by atoms with E-state index in [1.165, 1.54) is 30.6 Å². The molecule has 1 radical (unpaired) electrons. The molecule has 0 saturated heterocycles. The van der Waals surface area contributed by atoms with Crippen LogP contribution in [-0.4, -0.2) is 19.7 Å². The van der Waals surface area contributed by atoms with Gasteiger partial charge in [0.25, 0.3) is 0 Å². The van der Waals surface area contributed by atoms with Crippen molar-refractivity contribution in [3.63, 3.8) is 0 Å². The van der Waals surface area contributed by atoms with Crippen LogP contribution < -0.4 is 5.32 Å². The van der Waals surface area contributed by atoms with E-state index < -0.39 is 17.7 Å². The number of aromatic nitrogens is 4. The minimum Gasteiger partial charge on any atom is -0.324 e. The summed E-state index contributed by atoms with van der Waals surface area (Å²) in [5.74, 6) is -0.406. The minimum absolute atomic E-state index is 0.0660. The van der Waals surface area contributed by atoms with E-state index in [0.717, 1.165) is 10.7 Å². The number of halogens is 5. The van der Waals surface area contributed by atoms with Gasteiger partial charge in [-0.2, -0.15) is 23.3 Å². The maximum absolute atomic E-state index is 13.4. The number of nitrogens with one attached hydrogen (secondary N) is 1. The van der Waals surface area contributed by atoms with Crippen molar-refractivity contribution in [2.24, 2.45) is 0 Å². The van der Waals surface area contributed by atoms with Crippen LogP contribution in [0.15, 0.2) is 60.9 Å². The fourth-order valence-electron chi connectivity index (χ4n) is 2.85. The zero-order valence-corrected chi connectivity index (χ0v) is 16.4. The average Bonchev–Trinajstić information content (AvgIpc) is 3.21. The molecule has 4 aromatic rings. The van der Waals surface area contributed by atoms with Crippen molar-refractivity contribution in [1.29, 1.82) is 0 Å². The van der Waals surface area contributed by atoms with E-state index in [9.17, 15) is 17.6 Å². The first-order chi connectivity index (χ1) is 14.7. The summed E-state index contributed by atoms with van der Waals surface area (Å²) in [4.78, 5) is 8.58. The van der Waals surface area contributed by atoms with Gasteiger partial charge < -0.3 is 5.32 Å². The van der Waals surface area contributed by atoms with Crippen molar-refractivity contribution < 1.29 is 17.6 Å². The highest BCUT2D eigenvalue weighted by molar-refractivity contribution is 6.31. The Balaban J connectivity index is 1.80. The molecule has 0 atom stereocenters. The van der Waals surface area contributed by atoms with Gasteiger partial charge in [-0.15, -0.1) is 0 Å². The van der Waals surface area contributed by atoms with Crippen LogP contribution in [0.5, 0.6) is 0 Å². The highest BCUT2D eigenvalue weighted by Crippen LogP contribution is 2.31. The number of anilines is 2. The first-order valence-electron chi connectivity index (χ1n) is 8.85. The van der Waals surface area contributed by atoms with Crippen molar-refractivity contribution in [2.45, 2.75) is 6.18 Å². The second-order valence-corrected chi connectivity index (χ2v) is 6.94. The highest BCUT2D eigenvalue weighted by Gasteiger charge is 2.34. The zero-order valence-electron chi connectivity index (χ0n) is 15.7. The molecule has 0 amide bonds. The third kappa shape index (κ3) is 4.51. The van der Waals surface area contributed by atoms with E-state index in [1.54, 1.807) is 24.3 Å². The maximum atomic E-state index is 13.4. The molecule has 1 N–H and O–H groups in total. The molecule has 0 spiro atoms. The van der Waals surface area contributed by atoms with Gasteiger partial charge in [0.1, 0.15) is 5.82 Å². The second-order valence-electron chi connectivity index (χ2n) is 6.53. The molecule has 0 aliphatic heterocycles. The van der Waals surface area contributed by atoms with Crippen molar-refractivity contribution in [1.82, 2.24) is 19.7 Å². The summed E-state index contributed by atoms with van der Waals surface area (Å²) in [5, 5.41) is 6.38. The quantitative estimate of drug-likeness (QED) is 0.387. The van der Waals surface area contributed by atoms with Crippen molar-refractivity contribution in [3.05, 3.63) is 89.9 Å². The molecule has 2 aromatic heterocycles. The van der Waals surface area contributed by atoms with Gasteiger partial charge in [0.15, 0.2) is 11.5 Å². The largest absolute Gasteiger partial charge is 0.435 e. The monoisotopic (exact) mass is 446 g/mol. The smallest absolute Gasteiger partial charge is 0.324 e. The predicted molar refractivity (Wildman–Crippen MR) is 109 cm³/mol. The van der Waals surface area contributed by atoms with Crippen LogP contribution in [0.25, 0.3) is 16.9 Å². The summed E-state index contributed by atoms with van der Waals surface area (Å²) in [7, 11) is 0. The molecule has 10 heteroatoms. The summed E-state index contributed by atoms with van der Waals surface area (Å²) in [6.07, 6.45) is -1.97. The van der Waals surface area contributed by atoms with Crippen LogP contribution in [0.1, 0.15) is 11.3 Å². The maximum Gasteiger partial charge on any atom is 0.435 e. The van der Waals surface area contributed by atoms with E-state index >= 15 is 0 Å². The first kappa shape index (κ1) is 20.8. The van der Waals surface area contributed by atoms with E-state index in [4.69, 9.17) is 11.6 Å². The van der Waals surface area contributed by atoms with Crippen LogP contribution in [0, 0.1) is 12.7 Å². The van der Waals surface area contributed by atoms with Gasteiger partial charge in [-0.3, -0.25) is 0 Å². The van der Waals surface area contributed by atoms with Crippen LogP contribution in [0.2, 0.25) is 5.02 Å². The minimum atomic E-state index is -4.60. The number of hydrogen-bond acceptors (Lipinski definition) is 4. The Labute approximate surface area is 179 Å². The zero-order chi connectivity index (χ0) is 22.2. The molecular formula is C21H13ClF4N5. The van der Waals surface area contributed by atoms with E-state index in [-0.39, 0.29) is 16.8 Å². The summed E-state index contributed by atoms with van der Waals surface area (Å²) in [6, 6.07) is 11.9. The number of hydrogen-bond donors (Lipinski definition) is 1. The summed E-state index contributed by atoms with van der Waals surface area (Å²) >= 11 is 5.79. The summed E-state index contributed by atoms with van der Waals surface area (Å²) < 4.78 is 53.6. The number of rotatable bonds is 4. The molecule has 0 aliphatic carbocycles. The molecule has 2 aromatic carbocycles. The molecular weight excluding hydrogens is 434 g/mol. The molecule has 0 saturated carbocycles. The van der Waals surface area contributed by atoms with E-state index in [1.807, 2.05) is 0 Å². The number of benzene rings is 2. The SMILES string of the molecule is [CH2]c1cccc(-c2cnc(Nc3ccc(F)c(Cl)c3)nc2-n2ccc(C(F)(F)F)n2)c1. The van der Waals surface area contributed by atoms with Gasteiger partial charge in [0.05, 0.1) is 5.02 Å². The molecule has 0 aliphatic rings. The Morgan fingerprint density at radius 3 is 2.55 bits per heavy atom. The van der Waals surface area contributed by atoms with E-state index in [0.29, 0.717) is 22.4 Å². The third-order valence-corrected chi connectivity index (χ3v) is 4.57. The fourth-order valence-corrected chi connectivity index (χ4v) is 3.03. The standard InChI is InChI=1S/C21H13ClF4N5/c1-12-3-2-4-13(9-12)15-11-27-20(28-14-5-6-17(23)16(22)10-14)29-19(15)31-8-7-18(30-31)21(24,25)26/h2-11H,1H2,(H,27,28,29). The third-order valence-electron chi connectivity index (χ3n) is 4.28. The number of alkyl halides is 3. The normalized spacial score (nSPS) is 11.5. The Morgan fingerprint density at radius 2 is 1.87 bits per heavy atom. The van der Waals surface area contributed by atoms with Crippen LogP contribution in [0.3, 0.4) is 0 Å². The van der Waals surface area contributed by atoms with E-state index in [2.05, 4.69) is 27.3 Å². The Hall–Kier alpha value is -3.46. The molecule has 31 heavy (non-hydrogen) atoms.